The molecule has 0 aromatic rings. The molecular weight excluding hydrogens is 84.1 g/mol. The second kappa shape index (κ2) is 0.890. The van der Waals surface area contributed by atoms with Crippen molar-refractivity contribution >= 4 is 0 Å². The molecule has 0 heterocycles. The van der Waals surface area contributed by atoms with Gasteiger partial charge in [-0.1, -0.05) is 24.3 Å². The number of rotatable bonds is 0. The second-order valence-electron chi connectivity index (χ2n) is 1.97. The van der Waals surface area contributed by atoms with Crippen molar-refractivity contribution in [1.29, 1.82) is 0 Å². The Labute approximate surface area is 42.8 Å². The Kier molecular flexibility index (Phi) is 0.413. The fourth-order valence-corrected chi connectivity index (χ4v) is 0.960. The van der Waals surface area contributed by atoms with Crippen LogP contribution < -0.4 is 0 Å². The van der Waals surface area contributed by atoms with Gasteiger partial charge in [0.2, 0.25) is 0 Å². The van der Waals surface area contributed by atoms with Gasteiger partial charge in [-0.3, -0.25) is 0 Å². The molecule has 0 radical (unpaired) electrons. The molecule has 0 aliphatic heterocycles. The van der Waals surface area contributed by atoms with Gasteiger partial charge in [0.05, 0.1) is 0 Å². The molecule has 3 aliphatic rings. The fraction of sp³-hybridized carbons (Fsp3) is 0.143. The lowest BCUT2D eigenvalue weighted by Gasteiger charge is -2.14. The van der Waals surface area contributed by atoms with Crippen LogP contribution in [0, 0.1) is 0 Å². The van der Waals surface area contributed by atoms with Crippen molar-refractivity contribution in [3.8, 4) is 0 Å². The van der Waals surface area contributed by atoms with Gasteiger partial charge in [0.1, 0.15) is 0 Å². The quantitative estimate of drug-likeness (QED) is 0.425. The summed E-state index contributed by atoms with van der Waals surface area (Å²) in [4.78, 5) is 0. The highest BCUT2D eigenvalue weighted by Gasteiger charge is 2.06. The molecule has 0 nitrogen and oxygen atoms in total. The molecule has 0 aromatic heterocycles. The minimum absolute atomic E-state index is 1.16. The van der Waals surface area contributed by atoms with Gasteiger partial charge >= 0.3 is 0 Å². The van der Waals surface area contributed by atoms with Crippen molar-refractivity contribution in [2.75, 3.05) is 0 Å². The van der Waals surface area contributed by atoms with Crippen molar-refractivity contribution in [2.45, 2.75) is 6.42 Å². The van der Waals surface area contributed by atoms with Crippen molar-refractivity contribution in [2.24, 2.45) is 0 Å². The molecule has 0 saturated carbocycles. The van der Waals surface area contributed by atoms with Gasteiger partial charge in [-0.25, -0.2) is 0 Å². The molecular formula is C7H6. The van der Waals surface area contributed by atoms with Crippen LogP contribution in [-0.2, 0) is 0 Å². The summed E-state index contributed by atoms with van der Waals surface area (Å²) in [5.74, 6) is 0. The second-order valence-corrected chi connectivity index (χ2v) is 1.97. The molecule has 0 fully saturated rings. The van der Waals surface area contributed by atoms with E-state index in [-0.39, 0.29) is 0 Å². The van der Waals surface area contributed by atoms with Gasteiger partial charge in [0, 0.05) is 0 Å². The van der Waals surface area contributed by atoms with E-state index in [0.29, 0.717) is 0 Å². The zero-order chi connectivity index (χ0) is 4.69. The van der Waals surface area contributed by atoms with Gasteiger partial charge in [0.25, 0.3) is 0 Å². The lowest BCUT2D eigenvalue weighted by molar-refractivity contribution is 1.18. The Hall–Kier alpha value is -0.780. The highest BCUT2D eigenvalue weighted by Crippen LogP contribution is 2.26. The van der Waals surface area contributed by atoms with E-state index >= 15 is 0 Å². The number of hydrogen-bond acceptors (Lipinski definition) is 0. The van der Waals surface area contributed by atoms with E-state index in [4.69, 9.17) is 0 Å². The van der Waals surface area contributed by atoms with Crippen LogP contribution in [0.5, 0.6) is 0 Å². The van der Waals surface area contributed by atoms with E-state index in [2.05, 4.69) is 24.3 Å². The maximum absolute atomic E-state index is 2.22. The SMILES string of the molecule is C1=CC2=CC(=C2)C1. The molecule has 0 heteroatoms. The van der Waals surface area contributed by atoms with Crippen LogP contribution >= 0.6 is 0 Å². The van der Waals surface area contributed by atoms with E-state index in [1.807, 2.05) is 0 Å². The van der Waals surface area contributed by atoms with Crippen LogP contribution in [0.2, 0.25) is 0 Å². The van der Waals surface area contributed by atoms with Gasteiger partial charge in [-0.15, -0.1) is 0 Å². The molecule has 34 valence electrons. The molecule has 0 amide bonds. The molecule has 0 spiro atoms. The fourth-order valence-electron chi connectivity index (χ4n) is 0.960. The average molecular weight is 90.1 g/mol. The predicted molar refractivity (Wildman–Crippen MR) is 29.9 cm³/mol. The summed E-state index contributed by atoms with van der Waals surface area (Å²) in [5, 5.41) is 0. The van der Waals surface area contributed by atoms with Crippen molar-refractivity contribution in [3.63, 3.8) is 0 Å². The molecule has 7 heavy (non-hydrogen) atoms. The Morgan fingerprint density at radius 1 is 1.29 bits per heavy atom. The van der Waals surface area contributed by atoms with Crippen LogP contribution in [-0.4, -0.2) is 0 Å². The maximum Gasteiger partial charge on any atom is -0.00937 e. The van der Waals surface area contributed by atoms with Crippen LogP contribution in [0.15, 0.2) is 35.5 Å². The van der Waals surface area contributed by atoms with Crippen LogP contribution in [0.25, 0.3) is 0 Å². The summed E-state index contributed by atoms with van der Waals surface area (Å²) in [7, 11) is 0. The average Bonchev–Trinajstić information content (AvgIpc) is 1.67. The first-order chi connectivity index (χ1) is 3.45. The zero-order valence-corrected chi connectivity index (χ0v) is 4.02. The smallest absolute Gasteiger partial charge is 0.00937 e. The summed E-state index contributed by atoms with van der Waals surface area (Å²) in [6, 6.07) is 0. The van der Waals surface area contributed by atoms with E-state index in [9.17, 15) is 0 Å². The molecule has 0 N–H and O–H groups in total. The number of allylic oxidation sites excluding steroid dienone is 6. The molecule has 3 rings (SSSR count). The first-order valence-corrected chi connectivity index (χ1v) is 2.54. The summed E-state index contributed by atoms with van der Waals surface area (Å²) in [6.45, 7) is 0. The van der Waals surface area contributed by atoms with Gasteiger partial charge in [-0.2, -0.15) is 0 Å². The Morgan fingerprint density at radius 3 is 2.29 bits per heavy atom. The molecule has 0 unspecified atom stereocenters. The van der Waals surface area contributed by atoms with E-state index in [1.165, 1.54) is 11.1 Å². The number of fused-ring (bicyclic) bond motifs is 1. The Bertz CT molecular complexity index is 176. The third-order valence-electron chi connectivity index (χ3n) is 1.37. The lowest BCUT2D eigenvalue weighted by Crippen LogP contribution is -1.95. The molecule has 3 aliphatic carbocycles. The van der Waals surface area contributed by atoms with Gasteiger partial charge < -0.3 is 0 Å². The summed E-state index contributed by atoms with van der Waals surface area (Å²) in [6.07, 6.45) is 9.96. The highest BCUT2D eigenvalue weighted by atomic mass is 14.1. The van der Waals surface area contributed by atoms with E-state index in [1.54, 1.807) is 0 Å². The Morgan fingerprint density at radius 2 is 2.14 bits per heavy atom. The first-order valence-electron chi connectivity index (χ1n) is 2.54. The standard InChI is InChI=1S/C7H6/c1-2-6-4-7(3-1)5-6/h1-2,4-5H,3H2. The van der Waals surface area contributed by atoms with Crippen LogP contribution in [0.1, 0.15) is 6.42 Å². The number of hydrogen-bond donors (Lipinski definition) is 0. The molecule has 0 aromatic carbocycles. The summed E-state index contributed by atoms with van der Waals surface area (Å²) in [5.41, 5.74) is 2.87. The summed E-state index contributed by atoms with van der Waals surface area (Å²) < 4.78 is 0. The van der Waals surface area contributed by atoms with Crippen LogP contribution in [0.4, 0.5) is 0 Å². The van der Waals surface area contributed by atoms with Gasteiger partial charge in [0.15, 0.2) is 0 Å². The monoisotopic (exact) mass is 90.0 g/mol. The third-order valence-corrected chi connectivity index (χ3v) is 1.37. The van der Waals surface area contributed by atoms with Crippen molar-refractivity contribution in [3.05, 3.63) is 35.5 Å². The minimum atomic E-state index is 1.16. The largest absolute Gasteiger partial charge is 0.0795 e. The third kappa shape index (κ3) is 0.310. The predicted octanol–water partition coefficient (Wildman–Crippen LogP) is 1.81. The first kappa shape index (κ1) is 3.25. The molecule has 0 saturated heterocycles. The summed E-state index contributed by atoms with van der Waals surface area (Å²) >= 11 is 0. The van der Waals surface area contributed by atoms with E-state index in [0.717, 1.165) is 6.42 Å². The van der Waals surface area contributed by atoms with Crippen molar-refractivity contribution < 1.29 is 0 Å². The lowest BCUT2D eigenvalue weighted by atomic mass is 9.91. The topological polar surface area (TPSA) is 0 Å². The van der Waals surface area contributed by atoms with E-state index < -0.39 is 0 Å². The molecule has 2 bridgehead atoms. The maximum atomic E-state index is 2.22. The normalized spacial score (nSPS) is 22.9. The minimum Gasteiger partial charge on any atom is -0.0795 e. The Balaban J connectivity index is 2.44. The van der Waals surface area contributed by atoms with Crippen LogP contribution in [0.3, 0.4) is 0 Å². The van der Waals surface area contributed by atoms with Crippen molar-refractivity contribution in [1.82, 2.24) is 0 Å². The highest BCUT2D eigenvalue weighted by molar-refractivity contribution is 5.54. The van der Waals surface area contributed by atoms with Gasteiger partial charge in [-0.05, 0) is 17.6 Å². The zero-order valence-electron chi connectivity index (χ0n) is 4.02. The molecule has 0 atom stereocenters.